The van der Waals surface area contributed by atoms with Crippen LogP contribution in [-0.2, 0) is 9.53 Å². The van der Waals surface area contributed by atoms with Gasteiger partial charge in [-0.2, -0.15) is 0 Å². The van der Waals surface area contributed by atoms with E-state index < -0.39 is 0 Å². The molecule has 0 bridgehead atoms. The minimum atomic E-state index is -0.0600. The van der Waals surface area contributed by atoms with E-state index in [1.807, 2.05) is 12.1 Å². The van der Waals surface area contributed by atoms with Gasteiger partial charge in [0.2, 0.25) is 5.91 Å². The average Bonchev–Trinajstić information content (AvgIpc) is 2.29. The number of rotatable bonds is 5. The predicted molar refractivity (Wildman–Crippen MR) is 71.3 cm³/mol. The first-order valence-electron chi connectivity index (χ1n) is 6.58. The maximum atomic E-state index is 11.8. The van der Waals surface area contributed by atoms with Crippen molar-refractivity contribution in [2.24, 2.45) is 5.92 Å². The summed E-state index contributed by atoms with van der Waals surface area (Å²) in [6, 6.07) is 8.13. The average molecular weight is 247 g/mol. The Hall–Kier alpha value is -1.35. The number of nitrogens with one attached hydrogen (secondary N) is 1. The summed E-state index contributed by atoms with van der Waals surface area (Å²) in [5.41, 5.74) is 2.34. The number of benzene rings is 1. The third kappa shape index (κ3) is 2.91. The molecule has 3 nitrogen and oxygen atoms in total. The molecule has 1 aromatic rings. The highest BCUT2D eigenvalue weighted by atomic mass is 16.5. The highest BCUT2D eigenvalue weighted by Gasteiger charge is 2.25. The Balaban J connectivity index is 1.93. The molecule has 1 aliphatic rings. The molecule has 1 fully saturated rings. The number of carbonyl (C=O) groups is 1. The summed E-state index contributed by atoms with van der Waals surface area (Å²) in [7, 11) is 1.69. The predicted octanol–water partition coefficient (Wildman–Crippen LogP) is 2.60. The van der Waals surface area contributed by atoms with E-state index >= 15 is 0 Å². The fraction of sp³-hybridized carbons (Fsp3) is 0.533. The Morgan fingerprint density at radius 3 is 2.72 bits per heavy atom. The van der Waals surface area contributed by atoms with Crippen LogP contribution < -0.4 is 5.32 Å². The zero-order valence-electron chi connectivity index (χ0n) is 11.1. The molecule has 98 valence electrons. The third-order valence-corrected chi connectivity index (χ3v) is 3.76. The minimum Gasteiger partial charge on any atom is -0.375 e. The van der Waals surface area contributed by atoms with Crippen molar-refractivity contribution < 1.29 is 9.53 Å². The van der Waals surface area contributed by atoms with Crippen LogP contribution >= 0.6 is 0 Å². The Morgan fingerprint density at radius 1 is 1.44 bits per heavy atom. The van der Waals surface area contributed by atoms with Crippen molar-refractivity contribution >= 4 is 5.91 Å². The van der Waals surface area contributed by atoms with Gasteiger partial charge in [-0.15, -0.1) is 0 Å². The lowest BCUT2D eigenvalue weighted by atomic mass is 9.85. The number of amides is 1. The first-order valence-corrected chi connectivity index (χ1v) is 6.58. The van der Waals surface area contributed by atoms with Crippen LogP contribution in [0.3, 0.4) is 0 Å². The summed E-state index contributed by atoms with van der Waals surface area (Å²) in [6.07, 6.45) is 3.20. The van der Waals surface area contributed by atoms with Gasteiger partial charge >= 0.3 is 0 Å². The van der Waals surface area contributed by atoms with Gasteiger partial charge < -0.3 is 10.1 Å². The first-order chi connectivity index (χ1) is 8.72. The van der Waals surface area contributed by atoms with E-state index in [9.17, 15) is 4.79 Å². The second-order valence-corrected chi connectivity index (χ2v) is 4.95. The van der Waals surface area contributed by atoms with E-state index in [4.69, 9.17) is 4.74 Å². The molecule has 0 aliphatic heterocycles. The van der Waals surface area contributed by atoms with Crippen molar-refractivity contribution in [2.75, 3.05) is 13.7 Å². The zero-order chi connectivity index (χ0) is 13.0. The molecule has 0 aromatic heterocycles. The number of carbonyl (C=O) groups excluding carboxylic acids is 1. The lowest BCUT2D eigenvalue weighted by Crippen LogP contribution is -2.37. The molecule has 3 heteroatoms. The number of ether oxygens (including phenoxy) is 1. The molecule has 0 unspecified atom stereocenters. The molecular formula is C15H21NO2. The van der Waals surface area contributed by atoms with Crippen molar-refractivity contribution in [3.63, 3.8) is 0 Å². The molecule has 1 atom stereocenters. The second kappa shape index (κ2) is 6.01. The summed E-state index contributed by atoms with van der Waals surface area (Å²) in [6.45, 7) is 2.62. The lowest BCUT2D eigenvalue weighted by Gasteiger charge is -2.25. The van der Waals surface area contributed by atoms with E-state index in [2.05, 4.69) is 24.4 Å². The van der Waals surface area contributed by atoms with Crippen LogP contribution in [-0.4, -0.2) is 19.6 Å². The molecule has 2 rings (SSSR count). The van der Waals surface area contributed by atoms with Gasteiger partial charge in [0, 0.05) is 19.6 Å². The lowest BCUT2D eigenvalue weighted by molar-refractivity contribution is -0.127. The van der Waals surface area contributed by atoms with Gasteiger partial charge in [0.15, 0.2) is 0 Å². The molecule has 18 heavy (non-hydrogen) atoms. The van der Waals surface area contributed by atoms with E-state index in [0.29, 0.717) is 6.54 Å². The molecule has 0 radical (unpaired) electrons. The molecule has 0 saturated heterocycles. The van der Waals surface area contributed by atoms with Crippen molar-refractivity contribution in [1.82, 2.24) is 5.32 Å². The van der Waals surface area contributed by atoms with Crippen molar-refractivity contribution in [3.8, 4) is 0 Å². The SMILES string of the molecule is CO[C@H](CNC(=O)C1CCC1)c1ccccc1C. The maximum absolute atomic E-state index is 11.8. The molecule has 1 saturated carbocycles. The fourth-order valence-electron chi connectivity index (χ4n) is 2.28. The number of methoxy groups -OCH3 is 1. The molecule has 0 heterocycles. The van der Waals surface area contributed by atoms with Crippen molar-refractivity contribution in [1.29, 1.82) is 0 Å². The Bertz CT molecular complexity index is 413. The molecule has 1 aliphatic carbocycles. The molecule has 1 amide bonds. The van der Waals surface area contributed by atoms with Crippen molar-refractivity contribution in [2.45, 2.75) is 32.3 Å². The summed E-state index contributed by atoms with van der Waals surface area (Å²) < 4.78 is 5.48. The molecule has 1 N–H and O–H groups in total. The molecule has 0 spiro atoms. The van der Waals surface area contributed by atoms with E-state index in [1.165, 1.54) is 12.0 Å². The van der Waals surface area contributed by atoms with Crippen LogP contribution in [0.4, 0.5) is 0 Å². The topological polar surface area (TPSA) is 38.3 Å². The highest BCUT2D eigenvalue weighted by Crippen LogP contribution is 2.26. The van der Waals surface area contributed by atoms with Crippen LogP contribution in [0.25, 0.3) is 0 Å². The van der Waals surface area contributed by atoms with Gasteiger partial charge in [-0.1, -0.05) is 30.7 Å². The largest absolute Gasteiger partial charge is 0.375 e. The number of aryl methyl sites for hydroxylation is 1. The van der Waals surface area contributed by atoms with E-state index in [-0.39, 0.29) is 17.9 Å². The van der Waals surface area contributed by atoms with Gasteiger partial charge in [0.05, 0.1) is 6.10 Å². The summed E-state index contributed by atoms with van der Waals surface area (Å²) in [5, 5.41) is 3.00. The number of hydrogen-bond acceptors (Lipinski definition) is 2. The third-order valence-electron chi connectivity index (χ3n) is 3.76. The van der Waals surface area contributed by atoms with E-state index in [0.717, 1.165) is 18.4 Å². The van der Waals surface area contributed by atoms with Crippen LogP contribution in [0.1, 0.15) is 36.5 Å². The quantitative estimate of drug-likeness (QED) is 0.868. The van der Waals surface area contributed by atoms with E-state index in [1.54, 1.807) is 7.11 Å². The standard InChI is InChI=1S/C15H21NO2/c1-11-6-3-4-9-13(11)14(18-2)10-16-15(17)12-7-5-8-12/h3-4,6,9,12,14H,5,7-8,10H2,1-2H3,(H,16,17)/t14-/m1/s1. The zero-order valence-corrected chi connectivity index (χ0v) is 11.1. The van der Waals surface area contributed by atoms with Crippen LogP contribution in [0, 0.1) is 12.8 Å². The second-order valence-electron chi connectivity index (χ2n) is 4.95. The smallest absolute Gasteiger partial charge is 0.223 e. The highest BCUT2D eigenvalue weighted by molar-refractivity contribution is 5.79. The van der Waals surface area contributed by atoms with Gasteiger partial charge in [0.25, 0.3) is 0 Å². The van der Waals surface area contributed by atoms with Gasteiger partial charge in [-0.25, -0.2) is 0 Å². The van der Waals surface area contributed by atoms with Crippen LogP contribution in [0.5, 0.6) is 0 Å². The summed E-state index contributed by atoms with van der Waals surface area (Å²) in [4.78, 5) is 11.8. The van der Waals surface area contributed by atoms with Gasteiger partial charge in [0.1, 0.15) is 0 Å². The van der Waals surface area contributed by atoms with Crippen LogP contribution in [0.2, 0.25) is 0 Å². The fourth-order valence-corrected chi connectivity index (χ4v) is 2.28. The minimum absolute atomic E-state index is 0.0600. The summed E-state index contributed by atoms with van der Waals surface area (Å²) >= 11 is 0. The van der Waals surface area contributed by atoms with Crippen LogP contribution in [0.15, 0.2) is 24.3 Å². The maximum Gasteiger partial charge on any atom is 0.223 e. The van der Waals surface area contributed by atoms with Crippen molar-refractivity contribution in [3.05, 3.63) is 35.4 Å². The normalized spacial score (nSPS) is 17.0. The number of hydrogen-bond donors (Lipinski definition) is 1. The van der Waals surface area contributed by atoms with Gasteiger partial charge in [-0.05, 0) is 30.9 Å². The first kappa shape index (κ1) is 13.1. The monoisotopic (exact) mass is 247 g/mol. The Morgan fingerprint density at radius 2 is 2.17 bits per heavy atom. The Labute approximate surface area is 109 Å². The summed E-state index contributed by atoms with van der Waals surface area (Å²) in [5.74, 6) is 0.413. The molecular weight excluding hydrogens is 226 g/mol. The molecule has 1 aromatic carbocycles. The Kier molecular flexibility index (Phi) is 4.37. The van der Waals surface area contributed by atoms with Gasteiger partial charge in [-0.3, -0.25) is 4.79 Å².